The van der Waals surface area contributed by atoms with Crippen molar-refractivity contribution < 1.29 is 4.39 Å². The van der Waals surface area contributed by atoms with Crippen molar-refractivity contribution in [1.29, 1.82) is 0 Å². The summed E-state index contributed by atoms with van der Waals surface area (Å²) < 4.78 is 14.1. The smallest absolute Gasteiger partial charge is 0.166 e. The molecule has 1 rings (SSSR count). The molecule has 0 aliphatic heterocycles. The molecule has 1 aromatic heterocycles. The van der Waals surface area contributed by atoms with Crippen LogP contribution < -0.4 is 5.32 Å². The lowest BCUT2D eigenvalue weighted by Gasteiger charge is -2.20. The van der Waals surface area contributed by atoms with E-state index < -0.39 is 0 Å². The van der Waals surface area contributed by atoms with Gasteiger partial charge in [0.15, 0.2) is 11.6 Å². The first-order valence-corrected chi connectivity index (χ1v) is 6.59. The molecule has 15 heavy (non-hydrogen) atoms. The van der Waals surface area contributed by atoms with Crippen LogP contribution >= 0.6 is 31.9 Å². The highest BCUT2D eigenvalue weighted by atomic mass is 79.9. The summed E-state index contributed by atoms with van der Waals surface area (Å²) in [4.78, 5) is 3.99. The maximum atomic E-state index is 13.4. The topological polar surface area (TPSA) is 24.9 Å². The van der Waals surface area contributed by atoms with Gasteiger partial charge < -0.3 is 5.32 Å². The van der Waals surface area contributed by atoms with E-state index in [0.29, 0.717) is 16.2 Å². The van der Waals surface area contributed by atoms with E-state index in [1.54, 1.807) is 6.20 Å². The van der Waals surface area contributed by atoms with Crippen molar-refractivity contribution in [1.82, 2.24) is 4.98 Å². The van der Waals surface area contributed by atoms with E-state index in [9.17, 15) is 4.39 Å². The zero-order chi connectivity index (χ0) is 11.4. The Morgan fingerprint density at radius 2 is 2.20 bits per heavy atom. The van der Waals surface area contributed by atoms with Crippen LogP contribution in [0.4, 0.5) is 10.2 Å². The second kappa shape index (κ2) is 5.80. The van der Waals surface area contributed by atoms with Crippen LogP contribution in [0.2, 0.25) is 0 Å². The number of hydrogen-bond acceptors (Lipinski definition) is 2. The van der Waals surface area contributed by atoms with Gasteiger partial charge in [0.2, 0.25) is 0 Å². The molecule has 0 fully saturated rings. The van der Waals surface area contributed by atoms with E-state index in [1.165, 1.54) is 6.07 Å². The zero-order valence-corrected chi connectivity index (χ0v) is 11.8. The minimum atomic E-state index is -0.335. The summed E-state index contributed by atoms with van der Waals surface area (Å²) in [5.74, 6) is 0.381. The number of nitrogens with one attached hydrogen (secondary N) is 1. The molecule has 0 amide bonds. The number of nitrogens with zero attached hydrogens (tertiary/aromatic N) is 1. The number of rotatable bonds is 4. The van der Waals surface area contributed by atoms with Crippen molar-refractivity contribution in [2.24, 2.45) is 5.92 Å². The first-order chi connectivity index (χ1) is 7.04. The predicted molar refractivity (Wildman–Crippen MR) is 67.9 cm³/mol. The third kappa shape index (κ3) is 3.72. The lowest BCUT2D eigenvalue weighted by atomic mass is 10.1. The van der Waals surface area contributed by atoms with Gasteiger partial charge in [-0.25, -0.2) is 9.37 Å². The molecular weight excluding hydrogens is 327 g/mol. The predicted octanol–water partition coefficient (Wildman–Crippen LogP) is 3.81. The number of hydrogen-bond donors (Lipinski definition) is 1. The minimum Gasteiger partial charge on any atom is -0.365 e. The summed E-state index contributed by atoms with van der Waals surface area (Å²) in [7, 11) is 0. The maximum Gasteiger partial charge on any atom is 0.166 e. The standard InChI is InChI=1S/C10H13Br2FN2/c1-6(4-11)7(2)15-10-9(13)3-8(12)5-14-10/h3,5-7H,4H2,1-2H3,(H,14,15). The van der Waals surface area contributed by atoms with Crippen LogP contribution in [0.25, 0.3) is 0 Å². The minimum absolute atomic E-state index is 0.174. The Morgan fingerprint density at radius 1 is 1.53 bits per heavy atom. The van der Waals surface area contributed by atoms with E-state index in [-0.39, 0.29) is 11.9 Å². The molecule has 2 unspecified atom stereocenters. The van der Waals surface area contributed by atoms with Crippen LogP contribution in [0.5, 0.6) is 0 Å². The normalized spacial score (nSPS) is 14.7. The number of halogens is 3. The van der Waals surface area contributed by atoms with Crippen LogP contribution in [0.15, 0.2) is 16.7 Å². The van der Waals surface area contributed by atoms with E-state index in [0.717, 1.165) is 5.33 Å². The molecule has 0 bridgehead atoms. The van der Waals surface area contributed by atoms with Crippen molar-refractivity contribution in [2.75, 3.05) is 10.6 Å². The molecule has 1 aromatic rings. The molecule has 0 spiro atoms. The van der Waals surface area contributed by atoms with E-state index in [2.05, 4.69) is 49.1 Å². The molecule has 0 saturated heterocycles. The lowest BCUT2D eigenvalue weighted by molar-refractivity contribution is 0.559. The molecule has 1 N–H and O–H groups in total. The van der Waals surface area contributed by atoms with Gasteiger partial charge in [-0.1, -0.05) is 22.9 Å². The highest BCUT2D eigenvalue weighted by Crippen LogP contribution is 2.18. The van der Waals surface area contributed by atoms with Gasteiger partial charge in [-0.05, 0) is 34.8 Å². The second-order valence-electron chi connectivity index (χ2n) is 3.55. The molecule has 5 heteroatoms. The molecule has 84 valence electrons. The van der Waals surface area contributed by atoms with Gasteiger partial charge in [0, 0.05) is 22.0 Å². The molecule has 0 radical (unpaired) electrons. The maximum absolute atomic E-state index is 13.4. The van der Waals surface area contributed by atoms with Gasteiger partial charge in [0.05, 0.1) is 0 Å². The van der Waals surface area contributed by atoms with Gasteiger partial charge in [-0.2, -0.15) is 0 Å². The van der Waals surface area contributed by atoms with E-state index in [1.807, 2.05) is 6.92 Å². The quantitative estimate of drug-likeness (QED) is 0.843. The number of aromatic nitrogens is 1. The van der Waals surface area contributed by atoms with Gasteiger partial charge in [0.1, 0.15) is 0 Å². The Hall–Kier alpha value is -0.160. The third-order valence-electron chi connectivity index (χ3n) is 2.27. The van der Waals surface area contributed by atoms with Crippen LogP contribution in [0.3, 0.4) is 0 Å². The fourth-order valence-electron chi connectivity index (χ4n) is 1.01. The van der Waals surface area contributed by atoms with Crippen LogP contribution in [0, 0.1) is 11.7 Å². The fraction of sp³-hybridized carbons (Fsp3) is 0.500. The van der Waals surface area contributed by atoms with Crippen LogP contribution in [0.1, 0.15) is 13.8 Å². The monoisotopic (exact) mass is 338 g/mol. The zero-order valence-electron chi connectivity index (χ0n) is 8.60. The number of alkyl halides is 1. The van der Waals surface area contributed by atoms with Crippen molar-refractivity contribution in [3.63, 3.8) is 0 Å². The van der Waals surface area contributed by atoms with Crippen LogP contribution in [-0.2, 0) is 0 Å². The summed E-state index contributed by atoms with van der Waals surface area (Å²) in [6.45, 7) is 4.10. The Balaban J connectivity index is 2.72. The molecule has 0 aromatic carbocycles. The summed E-state index contributed by atoms with van der Waals surface area (Å²) in [6, 6.07) is 1.58. The van der Waals surface area contributed by atoms with Gasteiger partial charge in [-0.3, -0.25) is 0 Å². The highest BCUT2D eigenvalue weighted by molar-refractivity contribution is 9.10. The van der Waals surface area contributed by atoms with E-state index >= 15 is 0 Å². The largest absolute Gasteiger partial charge is 0.365 e. The average Bonchev–Trinajstić information content (AvgIpc) is 2.20. The van der Waals surface area contributed by atoms with Gasteiger partial charge >= 0.3 is 0 Å². The third-order valence-corrected chi connectivity index (χ3v) is 3.72. The van der Waals surface area contributed by atoms with Crippen molar-refractivity contribution in [3.8, 4) is 0 Å². The lowest BCUT2D eigenvalue weighted by Crippen LogP contribution is -2.25. The Labute approximate surface area is 106 Å². The molecule has 0 saturated carbocycles. The Kier molecular flexibility index (Phi) is 4.99. The van der Waals surface area contributed by atoms with Crippen molar-refractivity contribution in [3.05, 3.63) is 22.6 Å². The molecule has 2 atom stereocenters. The summed E-state index contributed by atoms with van der Waals surface area (Å²) in [5, 5.41) is 3.93. The fourth-order valence-corrected chi connectivity index (χ4v) is 1.88. The van der Waals surface area contributed by atoms with Gasteiger partial charge in [0.25, 0.3) is 0 Å². The second-order valence-corrected chi connectivity index (χ2v) is 5.11. The average molecular weight is 340 g/mol. The molecule has 0 aliphatic rings. The number of pyridine rings is 1. The molecular formula is C10H13Br2FN2. The Bertz CT molecular complexity index is 333. The molecule has 1 heterocycles. The SMILES string of the molecule is CC(CBr)C(C)Nc1ncc(Br)cc1F. The Morgan fingerprint density at radius 3 is 2.73 bits per heavy atom. The summed E-state index contributed by atoms with van der Waals surface area (Å²) in [6.07, 6.45) is 1.58. The summed E-state index contributed by atoms with van der Waals surface area (Å²) >= 11 is 6.56. The number of anilines is 1. The molecule has 0 aliphatic carbocycles. The van der Waals surface area contributed by atoms with Crippen LogP contribution in [-0.4, -0.2) is 16.4 Å². The van der Waals surface area contributed by atoms with Crippen molar-refractivity contribution in [2.45, 2.75) is 19.9 Å². The van der Waals surface area contributed by atoms with Crippen molar-refractivity contribution >= 4 is 37.7 Å². The first-order valence-electron chi connectivity index (χ1n) is 4.68. The van der Waals surface area contributed by atoms with E-state index in [4.69, 9.17) is 0 Å². The first kappa shape index (κ1) is 12.9. The molecule has 2 nitrogen and oxygen atoms in total. The summed E-state index contributed by atoms with van der Waals surface area (Å²) in [5.41, 5.74) is 0. The highest BCUT2D eigenvalue weighted by Gasteiger charge is 2.13. The van der Waals surface area contributed by atoms with Gasteiger partial charge in [-0.15, -0.1) is 0 Å².